The summed E-state index contributed by atoms with van der Waals surface area (Å²) in [5.41, 5.74) is 2.05. The molecule has 0 spiro atoms. The fraction of sp³-hybridized carbons (Fsp3) is 0.273. The average molecular weight is 160 g/mol. The second kappa shape index (κ2) is 3.94. The third kappa shape index (κ3) is 1.87. The van der Waals surface area contributed by atoms with Gasteiger partial charge in [0.1, 0.15) is 0 Å². The van der Waals surface area contributed by atoms with Crippen molar-refractivity contribution in [1.29, 1.82) is 0 Å². The van der Waals surface area contributed by atoms with E-state index in [1.165, 1.54) is 0 Å². The van der Waals surface area contributed by atoms with Crippen molar-refractivity contribution >= 4 is 0 Å². The van der Waals surface area contributed by atoms with E-state index in [9.17, 15) is 0 Å². The summed E-state index contributed by atoms with van der Waals surface area (Å²) in [4.78, 5) is 0. The van der Waals surface area contributed by atoms with Gasteiger partial charge in [-0.05, 0) is 24.6 Å². The highest BCUT2D eigenvalue weighted by Gasteiger charge is 2.01. The summed E-state index contributed by atoms with van der Waals surface area (Å²) in [6, 6.07) is 7.82. The van der Waals surface area contributed by atoms with Crippen molar-refractivity contribution in [1.82, 2.24) is 0 Å². The molecule has 0 N–H and O–H groups in total. The molecule has 0 aromatic heterocycles. The molecule has 62 valence electrons. The van der Waals surface area contributed by atoms with Gasteiger partial charge >= 0.3 is 0 Å². The van der Waals surface area contributed by atoms with Gasteiger partial charge in [0.2, 0.25) is 0 Å². The van der Waals surface area contributed by atoms with Gasteiger partial charge < -0.3 is 4.74 Å². The molecule has 0 aliphatic rings. The van der Waals surface area contributed by atoms with Crippen molar-refractivity contribution in [3.8, 4) is 12.3 Å². The van der Waals surface area contributed by atoms with E-state index in [4.69, 9.17) is 11.2 Å². The molecule has 1 aromatic carbocycles. The molecule has 0 heterocycles. The molecular formula is C11H12O. The lowest BCUT2D eigenvalue weighted by Crippen LogP contribution is -1.94. The summed E-state index contributed by atoms with van der Waals surface area (Å²) in [7, 11) is 1.69. The second-order valence-corrected chi connectivity index (χ2v) is 2.64. The predicted octanol–water partition coefficient (Wildman–Crippen LogP) is 2.38. The highest BCUT2D eigenvalue weighted by molar-refractivity contribution is 5.34. The van der Waals surface area contributed by atoms with Crippen molar-refractivity contribution in [3.05, 3.63) is 35.4 Å². The van der Waals surface area contributed by atoms with Gasteiger partial charge in [0.15, 0.2) is 0 Å². The van der Waals surface area contributed by atoms with Crippen LogP contribution in [0.5, 0.6) is 0 Å². The van der Waals surface area contributed by atoms with Crippen molar-refractivity contribution in [2.75, 3.05) is 7.11 Å². The molecule has 0 unspecified atom stereocenters. The number of hydrogen-bond donors (Lipinski definition) is 0. The molecule has 0 saturated heterocycles. The van der Waals surface area contributed by atoms with Crippen molar-refractivity contribution in [3.63, 3.8) is 0 Å². The molecule has 1 heteroatoms. The van der Waals surface area contributed by atoms with E-state index < -0.39 is 0 Å². The maximum Gasteiger partial charge on any atom is 0.0793 e. The molecule has 0 bridgehead atoms. The van der Waals surface area contributed by atoms with Crippen LogP contribution in [-0.2, 0) is 4.74 Å². The van der Waals surface area contributed by atoms with Crippen LogP contribution in [0.15, 0.2) is 24.3 Å². The number of methoxy groups -OCH3 is 1. The molecular weight excluding hydrogens is 148 g/mol. The first-order chi connectivity index (χ1) is 5.77. The van der Waals surface area contributed by atoms with Crippen LogP contribution >= 0.6 is 0 Å². The Bertz CT molecular complexity index is 279. The summed E-state index contributed by atoms with van der Waals surface area (Å²) < 4.78 is 5.16. The smallest absolute Gasteiger partial charge is 0.0793 e. The molecule has 0 aliphatic heterocycles. The van der Waals surface area contributed by atoms with Gasteiger partial charge in [-0.3, -0.25) is 0 Å². The van der Waals surface area contributed by atoms with Gasteiger partial charge in [-0.2, -0.15) is 0 Å². The molecule has 1 atom stereocenters. The third-order valence-corrected chi connectivity index (χ3v) is 1.90. The molecule has 0 aliphatic carbocycles. The Kier molecular flexibility index (Phi) is 2.90. The van der Waals surface area contributed by atoms with Crippen molar-refractivity contribution in [2.45, 2.75) is 13.0 Å². The monoisotopic (exact) mass is 160 g/mol. The Balaban J connectivity index is 2.86. The largest absolute Gasteiger partial charge is 0.377 e. The lowest BCUT2D eigenvalue weighted by atomic mass is 10.1. The molecule has 1 nitrogen and oxygen atoms in total. The summed E-state index contributed by atoms with van der Waals surface area (Å²) >= 11 is 0. The van der Waals surface area contributed by atoms with Crippen LogP contribution in [0.4, 0.5) is 0 Å². The maximum atomic E-state index is 5.23. The van der Waals surface area contributed by atoms with Crippen LogP contribution in [0.1, 0.15) is 24.2 Å². The van der Waals surface area contributed by atoms with E-state index >= 15 is 0 Å². The topological polar surface area (TPSA) is 9.23 Å². The Morgan fingerprint density at radius 1 is 1.33 bits per heavy atom. The summed E-state index contributed by atoms with van der Waals surface area (Å²) in [5, 5.41) is 0. The Hall–Kier alpha value is -1.26. The minimum atomic E-state index is 0.136. The molecule has 1 aromatic rings. The molecule has 12 heavy (non-hydrogen) atoms. The van der Waals surface area contributed by atoms with E-state index in [1.54, 1.807) is 7.11 Å². The van der Waals surface area contributed by atoms with Crippen LogP contribution in [0, 0.1) is 12.3 Å². The average Bonchev–Trinajstić information content (AvgIpc) is 2.17. The number of ether oxygens (including phenoxy) is 1. The normalized spacial score (nSPS) is 12.1. The standard InChI is InChI=1S/C11H12O/c1-4-10-5-7-11(8-6-10)9(2)12-3/h1,5-9H,2-3H3/t9-/m1/s1. The van der Waals surface area contributed by atoms with Crippen LogP contribution in [-0.4, -0.2) is 7.11 Å². The number of terminal acetylenes is 1. The number of hydrogen-bond acceptors (Lipinski definition) is 1. The Morgan fingerprint density at radius 3 is 2.33 bits per heavy atom. The van der Waals surface area contributed by atoms with E-state index in [-0.39, 0.29) is 6.10 Å². The third-order valence-electron chi connectivity index (χ3n) is 1.90. The van der Waals surface area contributed by atoms with E-state index in [2.05, 4.69) is 5.92 Å². The zero-order chi connectivity index (χ0) is 8.97. The summed E-state index contributed by atoms with van der Waals surface area (Å²) in [5.74, 6) is 2.57. The molecule has 1 rings (SSSR count). The van der Waals surface area contributed by atoms with Crippen molar-refractivity contribution in [2.24, 2.45) is 0 Å². The first-order valence-corrected chi connectivity index (χ1v) is 3.87. The first kappa shape index (κ1) is 8.83. The van der Waals surface area contributed by atoms with Crippen molar-refractivity contribution < 1.29 is 4.74 Å². The zero-order valence-corrected chi connectivity index (χ0v) is 7.37. The minimum absolute atomic E-state index is 0.136. The number of benzene rings is 1. The number of rotatable bonds is 2. The minimum Gasteiger partial charge on any atom is -0.377 e. The second-order valence-electron chi connectivity index (χ2n) is 2.64. The van der Waals surface area contributed by atoms with Gasteiger partial charge in [0.25, 0.3) is 0 Å². The Morgan fingerprint density at radius 2 is 1.92 bits per heavy atom. The fourth-order valence-corrected chi connectivity index (χ4v) is 0.986. The summed E-state index contributed by atoms with van der Waals surface area (Å²) in [6.07, 6.45) is 5.36. The van der Waals surface area contributed by atoms with E-state index in [0.717, 1.165) is 11.1 Å². The molecule has 0 fully saturated rings. The Labute approximate surface area is 73.4 Å². The highest BCUT2D eigenvalue weighted by atomic mass is 16.5. The predicted molar refractivity (Wildman–Crippen MR) is 49.8 cm³/mol. The zero-order valence-electron chi connectivity index (χ0n) is 7.37. The van der Waals surface area contributed by atoms with Gasteiger partial charge in [-0.1, -0.05) is 18.1 Å². The van der Waals surface area contributed by atoms with Gasteiger partial charge in [-0.25, -0.2) is 0 Å². The van der Waals surface area contributed by atoms with Gasteiger partial charge in [0, 0.05) is 12.7 Å². The molecule has 0 saturated carbocycles. The van der Waals surface area contributed by atoms with E-state index in [0.29, 0.717) is 0 Å². The first-order valence-electron chi connectivity index (χ1n) is 3.87. The van der Waals surface area contributed by atoms with Crippen LogP contribution in [0.3, 0.4) is 0 Å². The van der Waals surface area contributed by atoms with Crippen LogP contribution in [0.2, 0.25) is 0 Å². The lowest BCUT2D eigenvalue weighted by Gasteiger charge is -2.08. The summed E-state index contributed by atoms with van der Waals surface area (Å²) in [6.45, 7) is 2.00. The molecule has 0 amide bonds. The maximum absolute atomic E-state index is 5.23. The molecule has 0 radical (unpaired) electrons. The lowest BCUT2D eigenvalue weighted by molar-refractivity contribution is 0.119. The SMILES string of the molecule is C#Cc1ccc([C@@H](C)OC)cc1. The van der Waals surface area contributed by atoms with Crippen LogP contribution in [0.25, 0.3) is 0 Å². The highest BCUT2D eigenvalue weighted by Crippen LogP contribution is 2.15. The van der Waals surface area contributed by atoms with Gasteiger partial charge in [0.05, 0.1) is 6.10 Å². The fourth-order valence-electron chi connectivity index (χ4n) is 0.986. The quantitative estimate of drug-likeness (QED) is 0.603. The van der Waals surface area contributed by atoms with E-state index in [1.807, 2.05) is 31.2 Å². The van der Waals surface area contributed by atoms with Gasteiger partial charge in [-0.15, -0.1) is 6.42 Å². The van der Waals surface area contributed by atoms with Crippen LogP contribution < -0.4 is 0 Å².